The summed E-state index contributed by atoms with van der Waals surface area (Å²) < 4.78 is 4.62. The van der Waals surface area contributed by atoms with Crippen molar-refractivity contribution in [1.29, 1.82) is 0 Å². The molecule has 3 nitrogen and oxygen atoms in total. The van der Waals surface area contributed by atoms with Crippen LogP contribution in [0, 0.1) is 5.92 Å². The van der Waals surface area contributed by atoms with Crippen molar-refractivity contribution in [2.45, 2.75) is 39.0 Å². The van der Waals surface area contributed by atoms with Crippen LogP contribution >= 0.6 is 0 Å². The normalized spacial score (nSPS) is 16.8. The molecule has 0 radical (unpaired) electrons. The topological polar surface area (TPSA) is 43.4 Å². The Hall–Kier alpha value is -0.860. The van der Waals surface area contributed by atoms with Crippen LogP contribution in [0.25, 0.3) is 0 Å². The van der Waals surface area contributed by atoms with Gasteiger partial charge in [0.2, 0.25) is 0 Å². The number of carbonyl (C=O) groups excluding carboxylic acids is 2. The van der Waals surface area contributed by atoms with Gasteiger partial charge in [-0.1, -0.05) is 13.3 Å². The van der Waals surface area contributed by atoms with Crippen molar-refractivity contribution < 1.29 is 14.3 Å². The van der Waals surface area contributed by atoms with Crippen molar-refractivity contribution in [2.24, 2.45) is 5.92 Å². The van der Waals surface area contributed by atoms with Gasteiger partial charge in [0.05, 0.1) is 5.92 Å². The first-order valence-electron chi connectivity index (χ1n) is 4.48. The molecule has 1 fully saturated rings. The lowest BCUT2D eigenvalue weighted by molar-refractivity contribution is -0.164. The van der Waals surface area contributed by atoms with Crippen LogP contribution in [0.5, 0.6) is 0 Å². The molecule has 0 saturated heterocycles. The smallest absolute Gasteiger partial charge is 0.316 e. The third kappa shape index (κ3) is 2.32. The summed E-state index contributed by atoms with van der Waals surface area (Å²) in [5, 5.41) is 0. The molecular formula is C9H14O3. The second-order valence-corrected chi connectivity index (χ2v) is 3.17. The van der Waals surface area contributed by atoms with Gasteiger partial charge in [0.25, 0.3) is 0 Å². The number of esters is 2. The van der Waals surface area contributed by atoms with Gasteiger partial charge in [-0.3, -0.25) is 9.59 Å². The molecule has 1 rings (SSSR count). The molecule has 0 spiro atoms. The number of carbonyl (C=O) groups is 2. The van der Waals surface area contributed by atoms with Gasteiger partial charge in [-0.25, -0.2) is 0 Å². The van der Waals surface area contributed by atoms with Gasteiger partial charge in [-0.2, -0.15) is 0 Å². The Bertz CT molecular complexity index is 182. The highest BCUT2D eigenvalue weighted by molar-refractivity contribution is 5.87. The van der Waals surface area contributed by atoms with Gasteiger partial charge in [-0.05, 0) is 19.3 Å². The molecule has 12 heavy (non-hydrogen) atoms. The van der Waals surface area contributed by atoms with E-state index in [-0.39, 0.29) is 17.9 Å². The molecular weight excluding hydrogens is 156 g/mol. The highest BCUT2D eigenvalue weighted by atomic mass is 16.6. The fourth-order valence-corrected chi connectivity index (χ4v) is 1.09. The summed E-state index contributed by atoms with van der Waals surface area (Å²) in [6, 6.07) is 0. The third-order valence-corrected chi connectivity index (χ3v) is 2.11. The minimum Gasteiger partial charge on any atom is -0.393 e. The summed E-state index contributed by atoms with van der Waals surface area (Å²) >= 11 is 0. The van der Waals surface area contributed by atoms with Crippen molar-refractivity contribution in [2.75, 3.05) is 0 Å². The Morgan fingerprint density at radius 3 is 2.50 bits per heavy atom. The molecule has 1 aliphatic carbocycles. The van der Waals surface area contributed by atoms with Crippen molar-refractivity contribution >= 4 is 11.9 Å². The largest absolute Gasteiger partial charge is 0.393 e. The van der Waals surface area contributed by atoms with E-state index in [0.29, 0.717) is 6.42 Å². The van der Waals surface area contributed by atoms with Gasteiger partial charge in [0.1, 0.15) is 0 Å². The second-order valence-electron chi connectivity index (χ2n) is 3.17. The lowest BCUT2D eigenvalue weighted by atomic mass is 9.86. The zero-order chi connectivity index (χ0) is 8.97. The molecule has 3 heteroatoms. The van der Waals surface area contributed by atoms with Crippen molar-refractivity contribution in [3.63, 3.8) is 0 Å². The maximum Gasteiger partial charge on any atom is 0.316 e. The summed E-state index contributed by atoms with van der Waals surface area (Å²) in [6.07, 6.45) is 3.94. The van der Waals surface area contributed by atoms with E-state index >= 15 is 0 Å². The zero-order valence-electron chi connectivity index (χ0n) is 7.34. The molecule has 0 aromatic rings. The quantitative estimate of drug-likeness (QED) is 0.478. The maximum absolute atomic E-state index is 11.1. The van der Waals surface area contributed by atoms with Crippen LogP contribution in [-0.2, 0) is 14.3 Å². The molecule has 0 bridgehead atoms. The summed E-state index contributed by atoms with van der Waals surface area (Å²) in [7, 11) is 0. The summed E-state index contributed by atoms with van der Waals surface area (Å²) in [4.78, 5) is 21.9. The van der Waals surface area contributed by atoms with Gasteiger partial charge >= 0.3 is 11.9 Å². The van der Waals surface area contributed by atoms with Crippen molar-refractivity contribution in [3.05, 3.63) is 0 Å². The van der Waals surface area contributed by atoms with Crippen LogP contribution in [0.2, 0.25) is 0 Å². The Morgan fingerprint density at radius 1 is 1.42 bits per heavy atom. The maximum atomic E-state index is 11.1. The fourth-order valence-electron chi connectivity index (χ4n) is 1.09. The van der Waals surface area contributed by atoms with E-state index < -0.39 is 0 Å². The molecule has 0 unspecified atom stereocenters. The molecule has 68 valence electrons. The Balaban J connectivity index is 2.20. The van der Waals surface area contributed by atoms with Crippen LogP contribution in [0.3, 0.4) is 0 Å². The third-order valence-electron chi connectivity index (χ3n) is 2.11. The van der Waals surface area contributed by atoms with Crippen LogP contribution in [0.4, 0.5) is 0 Å². The molecule has 0 aliphatic heterocycles. The van der Waals surface area contributed by atoms with E-state index in [0.717, 1.165) is 25.7 Å². The monoisotopic (exact) mass is 170 g/mol. The molecule has 1 saturated carbocycles. The number of rotatable bonds is 3. The van der Waals surface area contributed by atoms with Crippen LogP contribution in [0.15, 0.2) is 0 Å². The Morgan fingerprint density at radius 2 is 2.08 bits per heavy atom. The van der Waals surface area contributed by atoms with Gasteiger partial charge in [0, 0.05) is 6.42 Å². The standard InChI is InChI=1S/C9H14O3/c1-2-4-8(10)12-9(11)7-5-3-6-7/h7H,2-6H2,1H3. The SMILES string of the molecule is CCCC(=O)OC(=O)C1CCC1. The number of ether oxygens (including phenoxy) is 1. The minimum absolute atomic E-state index is 0.00538. The van der Waals surface area contributed by atoms with Gasteiger partial charge < -0.3 is 4.74 Å². The van der Waals surface area contributed by atoms with Crippen molar-refractivity contribution in [1.82, 2.24) is 0 Å². The average Bonchev–Trinajstić information content (AvgIpc) is 1.82. The predicted molar refractivity (Wildman–Crippen MR) is 43.3 cm³/mol. The van der Waals surface area contributed by atoms with Crippen molar-refractivity contribution in [3.8, 4) is 0 Å². The summed E-state index contributed by atoms with van der Waals surface area (Å²) in [5.41, 5.74) is 0. The lowest BCUT2D eigenvalue weighted by Crippen LogP contribution is -2.26. The lowest BCUT2D eigenvalue weighted by Gasteiger charge is -2.22. The van der Waals surface area contributed by atoms with E-state index in [2.05, 4.69) is 4.74 Å². The fraction of sp³-hybridized carbons (Fsp3) is 0.778. The summed E-state index contributed by atoms with van der Waals surface area (Å²) in [5.74, 6) is -0.695. The predicted octanol–water partition coefficient (Wildman–Crippen LogP) is 1.66. The minimum atomic E-state index is -0.380. The molecule has 0 amide bonds. The molecule has 0 heterocycles. The molecule has 1 aliphatic rings. The molecule has 0 aromatic carbocycles. The van der Waals surface area contributed by atoms with Crippen LogP contribution in [0.1, 0.15) is 39.0 Å². The first kappa shape index (κ1) is 9.23. The number of hydrogen-bond donors (Lipinski definition) is 0. The van der Waals surface area contributed by atoms with Crippen LogP contribution < -0.4 is 0 Å². The molecule has 0 atom stereocenters. The highest BCUT2D eigenvalue weighted by Crippen LogP contribution is 2.27. The Kier molecular flexibility index (Phi) is 3.26. The first-order chi connectivity index (χ1) is 5.74. The molecule has 0 aromatic heterocycles. The van der Waals surface area contributed by atoms with E-state index in [4.69, 9.17) is 0 Å². The van der Waals surface area contributed by atoms with E-state index in [1.807, 2.05) is 6.92 Å². The highest BCUT2D eigenvalue weighted by Gasteiger charge is 2.28. The van der Waals surface area contributed by atoms with E-state index in [1.165, 1.54) is 0 Å². The van der Waals surface area contributed by atoms with Crippen LogP contribution in [-0.4, -0.2) is 11.9 Å². The van der Waals surface area contributed by atoms with Gasteiger partial charge in [-0.15, -0.1) is 0 Å². The average molecular weight is 170 g/mol. The molecule has 0 N–H and O–H groups in total. The first-order valence-corrected chi connectivity index (χ1v) is 4.48. The van der Waals surface area contributed by atoms with E-state index in [9.17, 15) is 9.59 Å². The van der Waals surface area contributed by atoms with Gasteiger partial charge in [0.15, 0.2) is 0 Å². The Labute approximate surface area is 72.1 Å². The summed E-state index contributed by atoms with van der Waals surface area (Å²) in [6.45, 7) is 1.88. The van der Waals surface area contributed by atoms with E-state index in [1.54, 1.807) is 0 Å². The number of hydrogen-bond acceptors (Lipinski definition) is 3. The zero-order valence-corrected chi connectivity index (χ0v) is 7.34. The second kappa shape index (κ2) is 4.24.